The van der Waals surface area contributed by atoms with E-state index < -0.39 is 0 Å². The van der Waals surface area contributed by atoms with E-state index in [4.69, 9.17) is 9.97 Å². The molecule has 37 heavy (non-hydrogen) atoms. The van der Waals surface area contributed by atoms with Crippen LogP contribution in [-0.4, -0.2) is 42.7 Å². The Bertz CT molecular complexity index is 1600. The molecule has 184 valence electrons. The SMILES string of the molecule is Cc1cc(N2CCN(c3nc(N4CCc5ccccc5C4)nc4ccccc34)CC2)c2ccccc2[nH+]1. The lowest BCUT2D eigenvalue weighted by atomic mass is 10.0. The third kappa shape index (κ3) is 4.02. The third-order valence-electron chi connectivity index (χ3n) is 7.79. The largest absolute Gasteiger partial charge is 0.367 e. The highest BCUT2D eigenvalue weighted by atomic mass is 15.3. The molecule has 2 aliphatic rings. The van der Waals surface area contributed by atoms with E-state index in [9.17, 15) is 0 Å². The van der Waals surface area contributed by atoms with Gasteiger partial charge in [0.05, 0.1) is 16.6 Å². The number of aromatic nitrogens is 3. The summed E-state index contributed by atoms with van der Waals surface area (Å²) in [6, 6.07) is 28.1. The van der Waals surface area contributed by atoms with Crippen LogP contribution in [0.2, 0.25) is 0 Å². The Morgan fingerprint density at radius 3 is 2.24 bits per heavy atom. The standard InChI is InChI=1S/C31H30N6/c1-22-20-29(25-10-4-6-12-27(25)32-22)35-16-18-36(19-17-35)30-26-11-5-7-13-28(26)33-31(34-30)37-15-14-23-8-2-3-9-24(23)21-37/h2-13,20H,14-19,21H2,1H3/p+1. The zero-order chi connectivity index (χ0) is 24.8. The number of H-pyrrole nitrogens is 1. The van der Waals surface area contributed by atoms with Crippen molar-refractivity contribution < 1.29 is 4.98 Å². The van der Waals surface area contributed by atoms with Gasteiger partial charge in [0.1, 0.15) is 5.82 Å². The number of aromatic amines is 1. The van der Waals surface area contributed by atoms with Crippen LogP contribution in [-0.2, 0) is 13.0 Å². The Morgan fingerprint density at radius 2 is 1.38 bits per heavy atom. The van der Waals surface area contributed by atoms with Crippen LogP contribution < -0.4 is 19.7 Å². The predicted molar refractivity (Wildman–Crippen MR) is 150 cm³/mol. The van der Waals surface area contributed by atoms with Gasteiger partial charge >= 0.3 is 0 Å². The number of fused-ring (bicyclic) bond motifs is 3. The summed E-state index contributed by atoms with van der Waals surface area (Å²) >= 11 is 0. The first-order valence-corrected chi connectivity index (χ1v) is 13.2. The van der Waals surface area contributed by atoms with E-state index >= 15 is 0 Å². The van der Waals surface area contributed by atoms with Gasteiger partial charge in [-0.05, 0) is 35.7 Å². The number of para-hydroxylation sites is 2. The summed E-state index contributed by atoms with van der Waals surface area (Å²) in [7, 11) is 0. The number of anilines is 3. The van der Waals surface area contributed by atoms with Crippen molar-refractivity contribution in [2.45, 2.75) is 19.9 Å². The molecule has 0 bridgehead atoms. The van der Waals surface area contributed by atoms with Gasteiger partial charge in [0.25, 0.3) is 0 Å². The first-order chi connectivity index (χ1) is 18.2. The minimum absolute atomic E-state index is 0.839. The average molecular weight is 488 g/mol. The van der Waals surface area contributed by atoms with Crippen molar-refractivity contribution >= 4 is 39.3 Å². The van der Waals surface area contributed by atoms with Crippen molar-refractivity contribution in [1.82, 2.24) is 9.97 Å². The molecule has 1 fully saturated rings. The molecule has 2 aliphatic heterocycles. The third-order valence-corrected chi connectivity index (χ3v) is 7.79. The van der Waals surface area contributed by atoms with E-state index in [-0.39, 0.29) is 0 Å². The Balaban J connectivity index is 1.19. The first-order valence-electron chi connectivity index (χ1n) is 13.2. The van der Waals surface area contributed by atoms with Crippen LogP contribution in [0.25, 0.3) is 21.8 Å². The quantitative estimate of drug-likeness (QED) is 0.366. The monoisotopic (exact) mass is 487 g/mol. The zero-order valence-electron chi connectivity index (χ0n) is 21.2. The van der Waals surface area contributed by atoms with E-state index in [0.717, 1.165) is 68.4 Å². The summed E-state index contributed by atoms with van der Waals surface area (Å²) in [5.41, 5.74) is 7.52. The van der Waals surface area contributed by atoms with Crippen LogP contribution in [0, 0.1) is 6.92 Å². The lowest BCUT2D eigenvalue weighted by molar-refractivity contribution is -0.354. The lowest BCUT2D eigenvalue weighted by Gasteiger charge is -2.38. The molecule has 1 saturated heterocycles. The van der Waals surface area contributed by atoms with E-state index in [1.165, 1.54) is 33.4 Å². The number of nitrogens with one attached hydrogen (secondary N) is 1. The first kappa shape index (κ1) is 22.0. The maximum Gasteiger partial charge on any atom is 0.228 e. The van der Waals surface area contributed by atoms with E-state index in [1.807, 2.05) is 0 Å². The van der Waals surface area contributed by atoms with Crippen molar-refractivity contribution in [2.75, 3.05) is 47.4 Å². The molecule has 6 heteroatoms. The fourth-order valence-corrected chi connectivity index (χ4v) is 5.86. The van der Waals surface area contributed by atoms with Crippen LogP contribution in [0.3, 0.4) is 0 Å². The highest BCUT2D eigenvalue weighted by molar-refractivity contribution is 5.92. The van der Waals surface area contributed by atoms with E-state index in [1.54, 1.807) is 0 Å². The summed E-state index contributed by atoms with van der Waals surface area (Å²) in [6.07, 6.45) is 1.03. The smallest absolute Gasteiger partial charge is 0.228 e. The number of pyridine rings is 1. The second-order valence-corrected chi connectivity index (χ2v) is 10.2. The summed E-state index contributed by atoms with van der Waals surface area (Å²) in [6.45, 7) is 7.71. The molecule has 1 N–H and O–H groups in total. The molecule has 0 unspecified atom stereocenters. The molecule has 2 aromatic heterocycles. The zero-order valence-corrected chi connectivity index (χ0v) is 21.2. The number of piperazine rings is 1. The average Bonchev–Trinajstić information content (AvgIpc) is 2.96. The van der Waals surface area contributed by atoms with Crippen molar-refractivity contribution in [3.8, 4) is 0 Å². The molecule has 6 nitrogen and oxygen atoms in total. The Hall–Kier alpha value is -4.19. The fraction of sp³-hybridized carbons (Fsp3) is 0.258. The van der Waals surface area contributed by atoms with Gasteiger partial charge in [0, 0.05) is 63.7 Å². The molecule has 0 atom stereocenters. The van der Waals surface area contributed by atoms with Gasteiger partial charge in [-0.1, -0.05) is 48.5 Å². The fourth-order valence-electron chi connectivity index (χ4n) is 5.86. The number of rotatable bonds is 3. The Morgan fingerprint density at radius 1 is 0.676 bits per heavy atom. The summed E-state index contributed by atoms with van der Waals surface area (Å²) in [5, 5.41) is 2.41. The van der Waals surface area contributed by atoms with E-state index in [2.05, 4.69) is 105 Å². The van der Waals surface area contributed by atoms with Crippen molar-refractivity contribution in [2.24, 2.45) is 0 Å². The highest BCUT2D eigenvalue weighted by Gasteiger charge is 2.25. The van der Waals surface area contributed by atoms with Gasteiger partial charge in [0.15, 0.2) is 5.69 Å². The molecule has 0 radical (unpaired) electrons. The Kier molecular flexibility index (Phi) is 5.38. The van der Waals surface area contributed by atoms with Crippen LogP contribution in [0.15, 0.2) is 78.9 Å². The predicted octanol–water partition coefficient (Wildman–Crippen LogP) is 4.79. The van der Waals surface area contributed by atoms with Gasteiger partial charge in [-0.25, -0.2) is 9.97 Å². The normalized spacial score (nSPS) is 15.9. The van der Waals surface area contributed by atoms with E-state index in [0.29, 0.717) is 0 Å². The minimum Gasteiger partial charge on any atom is -0.367 e. The van der Waals surface area contributed by atoms with Gasteiger partial charge in [-0.2, -0.15) is 4.98 Å². The molecule has 0 amide bonds. The van der Waals surface area contributed by atoms with Gasteiger partial charge in [0.2, 0.25) is 11.5 Å². The van der Waals surface area contributed by atoms with Crippen LogP contribution in [0.1, 0.15) is 16.8 Å². The van der Waals surface area contributed by atoms with Crippen molar-refractivity contribution in [3.05, 3.63) is 95.7 Å². The number of hydrogen-bond acceptors (Lipinski definition) is 5. The maximum absolute atomic E-state index is 5.20. The van der Waals surface area contributed by atoms with Crippen LogP contribution in [0.4, 0.5) is 17.5 Å². The second-order valence-electron chi connectivity index (χ2n) is 10.2. The van der Waals surface area contributed by atoms with Crippen molar-refractivity contribution in [1.29, 1.82) is 0 Å². The number of benzene rings is 3. The molecular formula is C31H31N6+. The molecule has 0 spiro atoms. The van der Waals surface area contributed by atoms with Gasteiger partial charge < -0.3 is 14.7 Å². The lowest BCUT2D eigenvalue weighted by Crippen LogP contribution is -2.47. The molecule has 0 aliphatic carbocycles. The molecular weight excluding hydrogens is 456 g/mol. The van der Waals surface area contributed by atoms with Crippen molar-refractivity contribution in [3.63, 3.8) is 0 Å². The maximum atomic E-state index is 5.20. The van der Waals surface area contributed by atoms with Crippen LogP contribution >= 0.6 is 0 Å². The molecule has 5 aromatic rings. The Labute approximate surface area is 217 Å². The van der Waals surface area contributed by atoms with Gasteiger partial charge in [-0.15, -0.1) is 0 Å². The van der Waals surface area contributed by atoms with Crippen LogP contribution in [0.5, 0.6) is 0 Å². The number of nitrogens with zero attached hydrogens (tertiary/aromatic N) is 5. The molecule has 0 saturated carbocycles. The molecule has 4 heterocycles. The summed E-state index contributed by atoms with van der Waals surface area (Å²) in [5.74, 6) is 1.90. The highest BCUT2D eigenvalue weighted by Crippen LogP contribution is 2.31. The second kappa shape index (κ2) is 9.04. The topological polar surface area (TPSA) is 49.6 Å². The number of hydrogen-bond donors (Lipinski definition) is 0. The number of aryl methyl sites for hydroxylation is 1. The minimum atomic E-state index is 0.839. The summed E-state index contributed by atoms with van der Waals surface area (Å²) in [4.78, 5) is 21.0. The van der Waals surface area contributed by atoms with Gasteiger partial charge in [-0.3, -0.25) is 0 Å². The summed E-state index contributed by atoms with van der Waals surface area (Å²) < 4.78 is 0. The molecule has 7 rings (SSSR count). The molecule has 3 aromatic carbocycles.